The van der Waals surface area contributed by atoms with E-state index in [0.717, 1.165) is 34.2 Å². The van der Waals surface area contributed by atoms with Crippen LogP contribution in [0.2, 0.25) is 0 Å². The van der Waals surface area contributed by atoms with Gasteiger partial charge in [0.25, 0.3) is 0 Å². The quantitative estimate of drug-likeness (QED) is 0.924. The number of aliphatic imine (C=N–C) groups is 2. The summed E-state index contributed by atoms with van der Waals surface area (Å²) in [6, 6.07) is 8.17. The molecule has 2 aliphatic rings. The van der Waals surface area contributed by atoms with Crippen LogP contribution in [0.3, 0.4) is 0 Å². The first-order valence-corrected chi connectivity index (χ1v) is 7.20. The average molecular weight is 289 g/mol. The number of rotatable bonds is 2. The summed E-state index contributed by atoms with van der Waals surface area (Å²) in [5.41, 5.74) is 5.98. The van der Waals surface area contributed by atoms with Crippen LogP contribution in [-0.2, 0) is 0 Å². The number of aromatic nitrogens is 2. The molecule has 5 heteroatoms. The molecule has 0 bridgehead atoms. The van der Waals surface area contributed by atoms with Gasteiger partial charge in [-0.1, -0.05) is 12.1 Å². The topological polar surface area (TPSA) is 62.5 Å². The van der Waals surface area contributed by atoms with E-state index in [1.165, 1.54) is 5.56 Å². The normalized spacial score (nSPS) is 18.4. The van der Waals surface area contributed by atoms with E-state index in [1.807, 2.05) is 25.3 Å². The predicted molar refractivity (Wildman–Crippen MR) is 88.2 cm³/mol. The van der Waals surface area contributed by atoms with E-state index in [0.29, 0.717) is 0 Å². The lowest BCUT2D eigenvalue weighted by molar-refractivity contribution is 0.897. The molecule has 0 fully saturated rings. The Bertz CT molecular complexity index is 848. The van der Waals surface area contributed by atoms with Crippen molar-refractivity contribution in [3.63, 3.8) is 0 Å². The Hall–Kier alpha value is -2.82. The standard InChI is InChI=1S/C17H15N5/c1-10-4-3-5-13(6-10)22-17-15-12(8-18-11(2)21-15)7-14-16(17)20-9-19-14/h3-9,17,22H,1-2H3. The molecule has 1 aromatic carbocycles. The summed E-state index contributed by atoms with van der Waals surface area (Å²) in [6.07, 6.45) is 5.43. The Morgan fingerprint density at radius 2 is 2.09 bits per heavy atom. The molecule has 108 valence electrons. The molecule has 0 radical (unpaired) electrons. The number of fused-ring (bicyclic) bond motifs is 2. The molecule has 1 unspecified atom stereocenters. The Labute approximate surface area is 128 Å². The first kappa shape index (κ1) is 12.9. The highest BCUT2D eigenvalue weighted by Crippen LogP contribution is 2.33. The molecule has 1 aliphatic carbocycles. The third-order valence-corrected chi connectivity index (χ3v) is 3.79. The van der Waals surface area contributed by atoms with Crippen LogP contribution < -0.4 is 5.32 Å². The van der Waals surface area contributed by atoms with Gasteiger partial charge in [-0.25, -0.2) is 20.0 Å². The third kappa shape index (κ3) is 2.11. The predicted octanol–water partition coefficient (Wildman–Crippen LogP) is 3.08. The number of anilines is 1. The van der Waals surface area contributed by atoms with Crippen LogP contribution in [0.25, 0.3) is 6.08 Å². The summed E-state index contributed by atoms with van der Waals surface area (Å²) < 4.78 is 0. The first-order chi connectivity index (χ1) is 10.7. The fraction of sp³-hybridized carbons (Fsp3) is 0.176. The van der Waals surface area contributed by atoms with E-state index in [1.54, 1.807) is 6.34 Å². The van der Waals surface area contributed by atoms with Crippen LogP contribution >= 0.6 is 0 Å². The van der Waals surface area contributed by atoms with Crippen LogP contribution in [0.15, 0.2) is 46.1 Å². The molecule has 0 amide bonds. The molecule has 1 N–H and O–H groups in total. The zero-order valence-electron chi connectivity index (χ0n) is 12.4. The van der Waals surface area contributed by atoms with Crippen molar-refractivity contribution in [1.82, 2.24) is 9.97 Å². The van der Waals surface area contributed by atoms with Crippen molar-refractivity contribution in [1.29, 1.82) is 0 Å². The van der Waals surface area contributed by atoms with E-state index in [4.69, 9.17) is 0 Å². The Kier molecular flexibility index (Phi) is 2.85. The van der Waals surface area contributed by atoms with Gasteiger partial charge in [0.2, 0.25) is 0 Å². The number of aryl methyl sites for hydroxylation is 2. The van der Waals surface area contributed by atoms with Crippen LogP contribution in [-0.4, -0.2) is 22.0 Å². The maximum absolute atomic E-state index is 4.62. The lowest BCUT2D eigenvalue weighted by Crippen LogP contribution is -2.26. The molecule has 5 nitrogen and oxygen atoms in total. The molecular weight excluding hydrogens is 274 g/mol. The third-order valence-electron chi connectivity index (χ3n) is 3.79. The molecule has 0 saturated heterocycles. The van der Waals surface area contributed by atoms with Gasteiger partial charge in [0, 0.05) is 17.4 Å². The largest absolute Gasteiger partial charge is 0.371 e. The summed E-state index contributed by atoms with van der Waals surface area (Å²) in [7, 11) is 0. The van der Waals surface area contributed by atoms with E-state index in [9.17, 15) is 0 Å². The van der Waals surface area contributed by atoms with Gasteiger partial charge < -0.3 is 5.32 Å². The molecule has 0 saturated carbocycles. The van der Waals surface area contributed by atoms with Crippen LogP contribution in [0.5, 0.6) is 0 Å². The van der Waals surface area contributed by atoms with Crippen molar-refractivity contribution in [3.05, 3.63) is 58.8 Å². The molecule has 0 spiro atoms. The Balaban J connectivity index is 1.80. The summed E-state index contributed by atoms with van der Waals surface area (Å²) >= 11 is 0. The molecule has 1 atom stereocenters. The van der Waals surface area contributed by atoms with Gasteiger partial charge in [-0.15, -0.1) is 0 Å². The van der Waals surface area contributed by atoms with Crippen molar-refractivity contribution in [2.75, 3.05) is 5.32 Å². The van der Waals surface area contributed by atoms with Crippen LogP contribution in [0.4, 0.5) is 5.69 Å². The van der Waals surface area contributed by atoms with Crippen LogP contribution in [0.1, 0.15) is 28.7 Å². The summed E-state index contributed by atoms with van der Waals surface area (Å²) in [6.45, 7) is 3.98. The van der Waals surface area contributed by atoms with Crippen molar-refractivity contribution >= 4 is 23.8 Å². The maximum atomic E-state index is 4.62. The Morgan fingerprint density at radius 3 is 2.95 bits per heavy atom. The van der Waals surface area contributed by atoms with E-state index in [-0.39, 0.29) is 6.04 Å². The molecule has 2 heterocycles. The van der Waals surface area contributed by atoms with Gasteiger partial charge in [0.15, 0.2) is 0 Å². The second-order valence-corrected chi connectivity index (χ2v) is 5.49. The van der Waals surface area contributed by atoms with Crippen molar-refractivity contribution in [2.45, 2.75) is 19.9 Å². The summed E-state index contributed by atoms with van der Waals surface area (Å²) in [4.78, 5) is 17.7. The number of benzene rings is 1. The number of nitrogens with one attached hydrogen (secondary N) is 1. The summed E-state index contributed by atoms with van der Waals surface area (Å²) in [5.74, 6) is 0.756. The number of hydrogen-bond acceptors (Lipinski definition) is 5. The molecule has 1 aliphatic heterocycles. The van der Waals surface area contributed by atoms with Gasteiger partial charge in [-0.2, -0.15) is 0 Å². The van der Waals surface area contributed by atoms with E-state index >= 15 is 0 Å². The lowest BCUT2D eigenvalue weighted by Gasteiger charge is -2.25. The zero-order chi connectivity index (χ0) is 15.1. The Morgan fingerprint density at radius 1 is 1.18 bits per heavy atom. The second kappa shape index (κ2) is 4.87. The lowest BCUT2D eigenvalue weighted by atomic mass is 9.94. The van der Waals surface area contributed by atoms with Gasteiger partial charge in [0.1, 0.15) is 18.2 Å². The SMILES string of the molecule is Cc1cccc(NC2C3=NC=NC3=Cc3cnc(C)nc32)c1. The van der Waals surface area contributed by atoms with Crippen LogP contribution in [0, 0.1) is 13.8 Å². The zero-order valence-corrected chi connectivity index (χ0v) is 12.4. The maximum Gasteiger partial charge on any atom is 0.125 e. The van der Waals surface area contributed by atoms with E-state index < -0.39 is 0 Å². The second-order valence-electron chi connectivity index (χ2n) is 5.49. The molecule has 1 aromatic heterocycles. The van der Waals surface area contributed by atoms with Crippen molar-refractivity contribution < 1.29 is 0 Å². The molecule has 22 heavy (non-hydrogen) atoms. The minimum atomic E-state index is -0.110. The smallest absolute Gasteiger partial charge is 0.125 e. The monoisotopic (exact) mass is 289 g/mol. The van der Waals surface area contributed by atoms with Gasteiger partial charge in [-0.05, 0) is 37.6 Å². The van der Waals surface area contributed by atoms with Gasteiger partial charge in [-0.3, -0.25) is 0 Å². The number of hydrogen-bond donors (Lipinski definition) is 1. The molecule has 4 rings (SSSR count). The van der Waals surface area contributed by atoms with E-state index in [2.05, 4.69) is 50.4 Å². The average Bonchev–Trinajstić information content (AvgIpc) is 2.96. The van der Waals surface area contributed by atoms with Crippen molar-refractivity contribution in [2.24, 2.45) is 9.98 Å². The minimum absolute atomic E-state index is 0.110. The highest BCUT2D eigenvalue weighted by atomic mass is 15.1. The summed E-state index contributed by atoms with van der Waals surface area (Å²) in [5, 5.41) is 3.53. The fourth-order valence-electron chi connectivity index (χ4n) is 2.77. The minimum Gasteiger partial charge on any atom is -0.371 e. The van der Waals surface area contributed by atoms with Gasteiger partial charge >= 0.3 is 0 Å². The first-order valence-electron chi connectivity index (χ1n) is 7.20. The highest BCUT2D eigenvalue weighted by molar-refractivity contribution is 6.16. The van der Waals surface area contributed by atoms with Gasteiger partial charge in [0.05, 0.1) is 17.1 Å². The number of nitrogens with zero attached hydrogens (tertiary/aromatic N) is 4. The van der Waals surface area contributed by atoms with Crippen molar-refractivity contribution in [3.8, 4) is 0 Å². The highest BCUT2D eigenvalue weighted by Gasteiger charge is 2.31. The molecule has 2 aromatic rings. The fourth-order valence-corrected chi connectivity index (χ4v) is 2.77. The molecular formula is C17H15N5.